The van der Waals surface area contributed by atoms with Gasteiger partial charge in [-0.1, -0.05) is 18.2 Å². The summed E-state index contributed by atoms with van der Waals surface area (Å²) in [5.74, 6) is 2.13. The van der Waals surface area contributed by atoms with Gasteiger partial charge in [0, 0.05) is 5.56 Å². The van der Waals surface area contributed by atoms with Crippen LogP contribution in [0.25, 0.3) is 23.1 Å². The Labute approximate surface area is 140 Å². The topological polar surface area (TPSA) is 53.5 Å². The average Bonchev–Trinajstić information content (AvgIpc) is 2.65. The van der Waals surface area contributed by atoms with Gasteiger partial charge in [0.2, 0.25) is 5.88 Å². The molecule has 122 valence electrons. The lowest BCUT2D eigenvalue weighted by atomic mass is 10.1. The van der Waals surface area contributed by atoms with Crippen molar-refractivity contribution >= 4 is 23.1 Å². The van der Waals surface area contributed by atoms with Crippen LogP contribution in [0.3, 0.4) is 0 Å². The summed E-state index contributed by atoms with van der Waals surface area (Å²) in [6, 6.07) is 11.6. The Balaban J connectivity index is 1.99. The van der Waals surface area contributed by atoms with Crippen LogP contribution in [-0.4, -0.2) is 31.3 Å². The summed E-state index contributed by atoms with van der Waals surface area (Å²) in [5.41, 5.74) is 2.80. The normalized spacial score (nSPS) is 11.0. The summed E-state index contributed by atoms with van der Waals surface area (Å²) in [5, 5.41) is 0.875. The zero-order valence-corrected chi connectivity index (χ0v) is 13.8. The van der Waals surface area contributed by atoms with Gasteiger partial charge in [-0.15, -0.1) is 0 Å². The van der Waals surface area contributed by atoms with Crippen LogP contribution < -0.4 is 14.2 Å². The van der Waals surface area contributed by atoms with Crippen molar-refractivity contribution in [3.8, 4) is 17.4 Å². The highest BCUT2D eigenvalue weighted by Crippen LogP contribution is 2.27. The van der Waals surface area contributed by atoms with Crippen LogP contribution in [0.1, 0.15) is 11.1 Å². The van der Waals surface area contributed by atoms with Crippen LogP contribution in [0.15, 0.2) is 42.7 Å². The number of hydrogen-bond acceptors (Lipinski definition) is 5. The van der Waals surface area contributed by atoms with E-state index in [4.69, 9.17) is 14.2 Å². The molecule has 0 amide bonds. The van der Waals surface area contributed by atoms with E-state index in [1.54, 1.807) is 21.3 Å². The molecule has 1 aromatic heterocycles. The SMILES string of the molecule is COc1ccc(OC)c(/C=C/c2ccc3ncnc(OC)c3c2)c1. The van der Waals surface area contributed by atoms with Crippen molar-refractivity contribution in [3.05, 3.63) is 53.9 Å². The van der Waals surface area contributed by atoms with Crippen molar-refractivity contribution in [2.24, 2.45) is 0 Å². The number of hydrogen-bond donors (Lipinski definition) is 0. The maximum absolute atomic E-state index is 5.39. The highest BCUT2D eigenvalue weighted by molar-refractivity contribution is 5.87. The summed E-state index contributed by atoms with van der Waals surface area (Å²) in [4.78, 5) is 8.39. The molecule has 5 heteroatoms. The molecule has 0 saturated heterocycles. The van der Waals surface area contributed by atoms with Gasteiger partial charge in [-0.05, 0) is 35.9 Å². The smallest absolute Gasteiger partial charge is 0.224 e. The quantitative estimate of drug-likeness (QED) is 0.668. The average molecular weight is 322 g/mol. The molecule has 0 aliphatic carbocycles. The van der Waals surface area contributed by atoms with E-state index in [9.17, 15) is 0 Å². The molecule has 0 atom stereocenters. The Morgan fingerprint density at radius 1 is 0.833 bits per heavy atom. The molecule has 1 heterocycles. The monoisotopic (exact) mass is 322 g/mol. The maximum Gasteiger partial charge on any atom is 0.224 e. The minimum atomic E-state index is 0.564. The Hall–Kier alpha value is -3.08. The second-order valence-electron chi connectivity index (χ2n) is 5.10. The van der Waals surface area contributed by atoms with Crippen molar-refractivity contribution in [1.29, 1.82) is 0 Å². The number of fused-ring (bicyclic) bond motifs is 1. The standard InChI is InChI=1S/C19H18N2O3/c1-22-15-7-9-18(23-2)14(11-15)6-4-13-5-8-17-16(10-13)19(24-3)21-12-20-17/h4-12H,1-3H3/b6-4+. The first-order valence-electron chi connectivity index (χ1n) is 7.44. The first-order valence-corrected chi connectivity index (χ1v) is 7.44. The number of aromatic nitrogens is 2. The molecule has 3 rings (SSSR count). The molecule has 3 aromatic rings. The van der Waals surface area contributed by atoms with E-state index < -0.39 is 0 Å². The predicted octanol–water partition coefficient (Wildman–Crippen LogP) is 3.83. The van der Waals surface area contributed by atoms with Crippen molar-refractivity contribution in [1.82, 2.24) is 9.97 Å². The fourth-order valence-electron chi connectivity index (χ4n) is 2.47. The van der Waals surface area contributed by atoms with Gasteiger partial charge in [0.25, 0.3) is 0 Å². The molecular formula is C19H18N2O3. The molecule has 0 saturated carbocycles. The van der Waals surface area contributed by atoms with Gasteiger partial charge in [0.05, 0.1) is 32.2 Å². The van der Waals surface area contributed by atoms with Crippen molar-refractivity contribution in [3.63, 3.8) is 0 Å². The molecule has 0 unspecified atom stereocenters. The second kappa shape index (κ2) is 7.00. The third-order valence-corrected chi connectivity index (χ3v) is 3.71. The Bertz CT molecular complexity index is 891. The van der Waals surface area contributed by atoms with Gasteiger partial charge < -0.3 is 14.2 Å². The van der Waals surface area contributed by atoms with Crippen LogP contribution in [0.5, 0.6) is 17.4 Å². The number of ether oxygens (including phenoxy) is 3. The third kappa shape index (κ3) is 3.15. The largest absolute Gasteiger partial charge is 0.497 e. The fraction of sp³-hybridized carbons (Fsp3) is 0.158. The van der Waals surface area contributed by atoms with Crippen LogP contribution in [0.2, 0.25) is 0 Å². The molecule has 0 spiro atoms. The van der Waals surface area contributed by atoms with Gasteiger partial charge in [0.15, 0.2) is 0 Å². The number of nitrogens with zero attached hydrogens (tertiary/aromatic N) is 2. The molecule has 0 aliphatic heterocycles. The van der Waals surface area contributed by atoms with Crippen LogP contribution in [0.4, 0.5) is 0 Å². The number of methoxy groups -OCH3 is 3. The summed E-state index contributed by atoms with van der Waals surface area (Å²) in [7, 11) is 4.90. The number of rotatable bonds is 5. The first kappa shape index (κ1) is 15.8. The lowest BCUT2D eigenvalue weighted by molar-refractivity contribution is 0.402. The molecule has 0 N–H and O–H groups in total. The van der Waals surface area contributed by atoms with Crippen LogP contribution in [0, 0.1) is 0 Å². The van der Waals surface area contributed by atoms with Crippen molar-refractivity contribution in [2.75, 3.05) is 21.3 Å². The lowest BCUT2D eigenvalue weighted by Gasteiger charge is -2.07. The molecular weight excluding hydrogens is 304 g/mol. The summed E-state index contributed by atoms with van der Waals surface area (Å²) in [6.07, 6.45) is 5.49. The van der Waals surface area contributed by atoms with Gasteiger partial charge >= 0.3 is 0 Å². The first-order chi connectivity index (χ1) is 11.7. The zero-order valence-electron chi connectivity index (χ0n) is 13.8. The van der Waals surface area contributed by atoms with Crippen molar-refractivity contribution in [2.45, 2.75) is 0 Å². The summed E-state index contributed by atoms with van der Waals surface area (Å²) < 4.78 is 16.0. The Morgan fingerprint density at radius 2 is 1.71 bits per heavy atom. The minimum Gasteiger partial charge on any atom is -0.497 e. The molecule has 0 bridgehead atoms. The van der Waals surface area contributed by atoms with E-state index in [2.05, 4.69) is 9.97 Å². The predicted molar refractivity (Wildman–Crippen MR) is 94.6 cm³/mol. The van der Waals surface area contributed by atoms with Crippen molar-refractivity contribution < 1.29 is 14.2 Å². The maximum atomic E-state index is 5.39. The summed E-state index contributed by atoms with van der Waals surface area (Å²) in [6.45, 7) is 0. The Morgan fingerprint density at radius 3 is 2.46 bits per heavy atom. The zero-order chi connectivity index (χ0) is 16.9. The van der Waals surface area contributed by atoms with Gasteiger partial charge in [-0.25, -0.2) is 9.97 Å². The van der Waals surface area contributed by atoms with Gasteiger partial charge in [-0.2, -0.15) is 0 Å². The van der Waals surface area contributed by atoms with E-state index in [1.165, 1.54) is 6.33 Å². The molecule has 24 heavy (non-hydrogen) atoms. The highest BCUT2D eigenvalue weighted by Gasteiger charge is 2.05. The Kier molecular flexibility index (Phi) is 4.61. The van der Waals surface area contributed by atoms with Gasteiger partial charge in [0.1, 0.15) is 17.8 Å². The van der Waals surface area contributed by atoms with Gasteiger partial charge in [-0.3, -0.25) is 0 Å². The van der Waals surface area contributed by atoms with E-state index in [0.717, 1.165) is 33.5 Å². The summed E-state index contributed by atoms with van der Waals surface area (Å²) >= 11 is 0. The van der Waals surface area contributed by atoms with Crippen LogP contribution in [-0.2, 0) is 0 Å². The molecule has 5 nitrogen and oxygen atoms in total. The van der Waals surface area contributed by atoms with E-state index in [0.29, 0.717) is 5.88 Å². The molecule has 2 aromatic carbocycles. The molecule has 0 fully saturated rings. The van der Waals surface area contributed by atoms with E-state index in [1.807, 2.05) is 48.6 Å². The lowest BCUT2D eigenvalue weighted by Crippen LogP contribution is -1.91. The fourth-order valence-corrected chi connectivity index (χ4v) is 2.47. The van der Waals surface area contributed by atoms with E-state index >= 15 is 0 Å². The van der Waals surface area contributed by atoms with E-state index in [-0.39, 0.29) is 0 Å². The molecule has 0 aliphatic rings. The van der Waals surface area contributed by atoms with Crippen LogP contribution >= 0.6 is 0 Å². The highest BCUT2D eigenvalue weighted by atomic mass is 16.5. The minimum absolute atomic E-state index is 0.564. The second-order valence-corrected chi connectivity index (χ2v) is 5.10. The molecule has 0 radical (unpaired) electrons. The number of benzene rings is 2. The third-order valence-electron chi connectivity index (χ3n) is 3.71.